The summed E-state index contributed by atoms with van der Waals surface area (Å²) in [6, 6.07) is 3.79. The van der Waals surface area contributed by atoms with Crippen molar-refractivity contribution in [1.29, 1.82) is 0 Å². The largest absolute Gasteiger partial charge is 0.463 e. The molecule has 2 N–H and O–H groups in total. The molecule has 4 heteroatoms. The molecular formula is C11H15N3O. The Labute approximate surface area is 88.7 Å². The SMILES string of the molecule is CCNCc1c(-c2ccco2)n[nH]c1C. The fourth-order valence-electron chi connectivity index (χ4n) is 1.54. The van der Waals surface area contributed by atoms with Gasteiger partial charge in [0, 0.05) is 17.8 Å². The predicted molar refractivity (Wildman–Crippen MR) is 58.4 cm³/mol. The summed E-state index contributed by atoms with van der Waals surface area (Å²) in [6.45, 7) is 5.87. The normalized spacial score (nSPS) is 10.8. The van der Waals surface area contributed by atoms with E-state index >= 15 is 0 Å². The summed E-state index contributed by atoms with van der Waals surface area (Å²) < 4.78 is 5.34. The van der Waals surface area contributed by atoms with Crippen molar-refractivity contribution in [3.63, 3.8) is 0 Å². The molecule has 0 fully saturated rings. The predicted octanol–water partition coefficient (Wildman–Crippen LogP) is 2.09. The van der Waals surface area contributed by atoms with E-state index in [1.54, 1.807) is 6.26 Å². The fraction of sp³-hybridized carbons (Fsp3) is 0.364. The Kier molecular flexibility index (Phi) is 2.87. The Hall–Kier alpha value is -1.55. The standard InChI is InChI=1S/C11H15N3O/c1-3-12-7-9-8(2)13-14-11(9)10-5-4-6-15-10/h4-6,12H,3,7H2,1-2H3,(H,13,14). The van der Waals surface area contributed by atoms with Gasteiger partial charge in [-0.3, -0.25) is 5.10 Å². The molecule has 0 spiro atoms. The van der Waals surface area contributed by atoms with Crippen LogP contribution in [0.5, 0.6) is 0 Å². The lowest BCUT2D eigenvalue weighted by Gasteiger charge is -2.02. The summed E-state index contributed by atoms with van der Waals surface area (Å²) in [5.74, 6) is 0.812. The summed E-state index contributed by atoms with van der Waals surface area (Å²) in [7, 11) is 0. The van der Waals surface area contributed by atoms with Gasteiger partial charge in [0.05, 0.1) is 6.26 Å². The zero-order valence-electron chi connectivity index (χ0n) is 9.00. The van der Waals surface area contributed by atoms with E-state index in [-0.39, 0.29) is 0 Å². The molecule has 0 radical (unpaired) electrons. The molecule has 2 heterocycles. The van der Waals surface area contributed by atoms with Gasteiger partial charge in [0.15, 0.2) is 5.76 Å². The second kappa shape index (κ2) is 4.31. The van der Waals surface area contributed by atoms with Crippen molar-refractivity contribution in [2.75, 3.05) is 6.54 Å². The van der Waals surface area contributed by atoms with Crippen LogP contribution in [0.2, 0.25) is 0 Å². The smallest absolute Gasteiger partial charge is 0.154 e. The van der Waals surface area contributed by atoms with Crippen LogP contribution >= 0.6 is 0 Å². The third-order valence-corrected chi connectivity index (χ3v) is 2.38. The van der Waals surface area contributed by atoms with E-state index in [0.29, 0.717) is 0 Å². The monoisotopic (exact) mass is 205 g/mol. The molecule has 2 aromatic heterocycles. The molecule has 0 aliphatic heterocycles. The molecule has 0 aliphatic carbocycles. The van der Waals surface area contributed by atoms with E-state index in [0.717, 1.165) is 30.2 Å². The third kappa shape index (κ3) is 1.94. The lowest BCUT2D eigenvalue weighted by atomic mass is 10.1. The van der Waals surface area contributed by atoms with Gasteiger partial charge in [0.2, 0.25) is 0 Å². The van der Waals surface area contributed by atoms with Gasteiger partial charge in [-0.25, -0.2) is 0 Å². The van der Waals surface area contributed by atoms with Crippen LogP contribution in [0.15, 0.2) is 22.8 Å². The molecule has 0 saturated carbocycles. The number of hydrogen-bond donors (Lipinski definition) is 2. The quantitative estimate of drug-likeness (QED) is 0.803. The fourth-order valence-corrected chi connectivity index (χ4v) is 1.54. The van der Waals surface area contributed by atoms with Crippen molar-refractivity contribution in [1.82, 2.24) is 15.5 Å². The maximum absolute atomic E-state index is 5.34. The molecule has 2 aromatic rings. The van der Waals surface area contributed by atoms with Crippen LogP contribution in [0.4, 0.5) is 0 Å². The first-order valence-corrected chi connectivity index (χ1v) is 5.11. The molecule has 0 aliphatic rings. The van der Waals surface area contributed by atoms with Crippen LogP contribution < -0.4 is 5.32 Å². The number of nitrogens with zero attached hydrogens (tertiary/aromatic N) is 1. The first-order valence-electron chi connectivity index (χ1n) is 5.11. The minimum Gasteiger partial charge on any atom is -0.463 e. The Morgan fingerprint density at radius 3 is 3.07 bits per heavy atom. The topological polar surface area (TPSA) is 53.9 Å². The maximum atomic E-state index is 5.34. The third-order valence-electron chi connectivity index (χ3n) is 2.38. The van der Waals surface area contributed by atoms with E-state index in [1.807, 2.05) is 19.1 Å². The number of aromatic amines is 1. The summed E-state index contributed by atoms with van der Waals surface area (Å²) >= 11 is 0. The zero-order chi connectivity index (χ0) is 10.7. The zero-order valence-corrected chi connectivity index (χ0v) is 9.00. The first-order chi connectivity index (χ1) is 7.33. The highest BCUT2D eigenvalue weighted by Gasteiger charge is 2.13. The number of furan rings is 1. The van der Waals surface area contributed by atoms with Gasteiger partial charge >= 0.3 is 0 Å². The summed E-state index contributed by atoms with van der Waals surface area (Å²) in [4.78, 5) is 0. The number of H-pyrrole nitrogens is 1. The molecule has 0 aromatic carbocycles. The van der Waals surface area contributed by atoms with Crippen molar-refractivity contribution < 1.29 is 4.42 Å². The van der Waals surface area contributed by atoms with Crippen molar-refractivity contribution in [2.24, 2.45) is 0 Å². The van der Waals surface area contributed by atoms with Crippen LogP contribution in [0, 0.1) is 6.92 Å². The van der Waals surface area contributed by atoms with E-state index < -0.39 is 0 Å². The molecule has 0 bridgehead atoms. The number of aryl methyl sites for hydroxylation is 1. The molecule has 0 unspecified atom stereocenters. The number of rotatable bonds is 4. The Bertz CT molecular complexity index is 417. The molecule has 4 nitrogen and oxygen atoms in total. The van der Waals surface area contributed by atoms with Gasteiger partial charge in [0.25, 0.3) is 0 Å². The first kappa shape index (κ1) is 9.98. The molecule has 0 saturated heterocycles. The summed E-state index contributed by atoms with van der Waals surface area (Å²) in [5, 5.41) is 10.5. The van der Waals surface area contributed by atoms with Crippen molar-refractivity contribution in [3.8, 4) is 11.5 Å². The highest BCUT2D eigenvalue weighted by atomic mass is 16.3. The second-order valence-corrected chi connectivity index (χ2v) is 3.43. The van der Waals surface area contributed by atoms with Crippen LogP contribution in [0.3, 0.4) is 0 Å². The Morgan fingerprint density at radius 2 is 2.40 bits per heavy atom. The molecule has 15 heavy (non-hydrogen) atoms. The highest BCUT2D eigenvalue weighted by molar-refractivity contribution is 5.57. The average Bonchev–Trinajstić information content (AvgIpc) is 2.84. The van der Waals surface area contributed by atoms with E-state index in [2.05, 4.69) is 22.4 Å². The molecule has 0 atom stereocenters. The minimum absolute atomic E-state index is 0.812. The summed E-state index contributed by atoms with van der Waals surface area (Å²) in [5.41, 5.74) is 3.16. The van der Waals surface area contributed by atoms with E-state index in [1.165, 1.54) is 5.56 Å². The van der Waals surface area contributed by atoms with Crippen molar-refractivity contribution >= 4 is 0 Å². The molecule has 2 rings (SSSR count). The number of aromatic nitrogens is 2. The lowest BCUT2D eigenvalue weighted by molar-refractivity contribution is 0.578. The minimum atomic E-state index is 0.812. The Morgan fingerprint density at radius 1 is 1.53 bits per heavy atom. The lowest BCUT2D eigenvalue weighted by Crippen LogP contribution is -2.12. The highest BCUT2D eigenvalue weighted by Crippen LogP contribution is 2.23. The number of nitrogens with one attached hydrogen (secondary N) is 2. The Balaban J connectivity index is 2.31. The van der Waals surface area contributed by atoms with Crippen molar-refractivity contribution in [2.45, 2.75) is 20.4 Å². The van der Waals surface area contributed by atoms with Gasteiger partial charge in [-0.2, -0.15) is 5.10 Å². The van der Waals surface area contributed by atoms with Crippen LogP contribution in [-0.4, -0.2) is 16.7 Å². The van der Waals surface area contributed by atoms with Gasteiger partial charge < -0.3 is 9.73 Å². The molecular weight excluding hydrogens is 190 g/mol. The van der Waals surface area contributed by atoms with Crippen molar-refractivity contribution in [3.05, 3.63) is 29.7 Å². The van der Waals surface area contributed by atoms with Gasteiger partial charge in [0.1, 0.15) is 5.69 Å². The molecule has 0 amide bonds. The van der Waals surface area contributed by atoms with Gasteiger partial charge in [-0.1, -0.05) is 6.92 Å². The van der Waals surface area contributed by atoms with Crippen LogP contribution in [0.25, 0.3) is 11.5 Å². The summed E-state index contributed by atoms with van der Waals surface area (Å²) in [6.07, 6.45) is 1.66. The van der Waals surface area contributed by atoms with Crippen LogP contribution in [-0.2, 0) is 6.54 Å². The average molecular weight is 205 g/mol. The molecule has 80 valence electrons. The van der Waals surface area contributed by atoms with Crippen LogP contribution in [0.1, 0.15) is 18.2 Å². The van der Waals surface area contributed by atoms with E-state index in [9.17, 15) is 0 Å². The number of hydrogen-bond acceptors (Lipinski definition) is 3. The van der Waals surface area contributed by atoms with Gasteiger partial charge in [-0.15, -0.1) is 0 Å². The van der Waals surface area contributed by atoms with Gasteiger partial charge in [-0.05, 0) is 25.6 Å². The van der Waals surface area contributed by atoms with E-state index in [4.69, 9.17) is 4.42 Å². The maximum Gasteiger partial charge on any atom is 0.154 e. The second-order valence-electron chi connectivity index (χ2n) is 3.43.